The Labute approximate surface area is 89.6 Å². The molecule has 0 heterocycles. The highest BCUT2D eigenvalue weighted by Crippen LogP contribution is 2.25. The molecule has 14 heavy (non-hydrogen) atoms. The van der Waals surface area contributed by atoms with E-state index < -0.39 is 0 Å². The maximum atomic E-state index is 11.2. The molecule has 0 aromatic heterocycles. The third-order valence-corrected chi connectivity index (χ3v) is 3.78. The van der Waals surface area contributed by atoms with Crippen LogP contribution >= 0.6 is 11.8 Å². The van der Waals surface area contributed by atoms with Gasteiger partial charge in [0.15, 0.2) is 0 Å². The van der Waals surface area contributed by atoms with Crippen LogP contribution in [-0.2, 0) is 4.79 Å². The zero-order valence-corrected chi connectivity index (χ0v) is 9.80. The van der Waals surface area contributed by atoms with Crippen molar-refractivity contribution in [3.05, 3.63) is 0 Å². The Hall–Kier alpha value is -0.260. The van der Waals surface area contributed by atoms with Crippen molar-refractivity contribution in [3.8, 4) is 0 Å². The molecule has 0 aromatic carbocycles. The van der Waals surface area contributed by atoms with Crippen molar-refractivity contribution < 1.29 is 9.90 Å². The molecule has 0 radical (unpaired) electrons. The molecule has 3 unspecified atom stereocenters. The number of hydrogen-bond donors (Lipinski definition) is 3. The van der Waals surface area contributed by atoms with E-state index in [4.69, 9.17) is 10.9 Å². The third kappa shape index (κ3) is 4.83. The summed E-state index contributed by atoms with van der Waals surface area (Å²) >= 11 is 1.70. The maximum Gasteiger partial charge on any atom is 0.237 e. The molecular weight excluding hydrogens is 200 g/mol. The Kier molecular flexibility index (Phi) is 6.96. The summed E-state index contributed by atoms with van der Waals surface area (Å²) in [5.41, 5.74) is 2.15. The van der Waals surface area contributed by atoms with Crippen molar-refractivity contribution >= 4 is 17.7 Å². The molecule has 3 atom stereocenters. The number of nitrogens with one attached hydrogen (secondary N) is 1. The van der Waals surface area contributed by atoms with Gasteiger partial charge in [0.05, 0.1) is 0 Å². The second-order valence-corrected chi connectivity index (χ2v) is 5.28. The molecule has 0 saturated heterocycles. The lowest BCUT2D eigenvalue weighted by Crippen LogP contribution is -2.38. The number of carbonyl (C=O) groups is 1. The fraction of sp³-hybridized carbons (Fsp3) is 0.889. The van der Waals surface area contributed by atoms with Crippen molar-refractivity contribution in [3.63, 3.8) is 0 Å². The summed E-state index contributed by atoms with van der Waals surface area (Å²) in [7, 11) is 0. The molecule has 4 nitrogen and oxygen atoms in total. The molecule has 0 fully saturated rings. The monoisotopic (exact) mass is 220 g/mol. The van der Waals surface area contributed by atoms with Gasteiger partial charge in [0.1, 0.15) is 0 Å². The zero-order chi connectivity index (χ0) is 11.1. The fourth-order valence-corrected chi connectivity index (χ4v) is 2.41. The fourth-order valence-electron chi connectivity index (χ4n) is 1.08. The predicted molar refractivity (Wildman–Crippen MR) is 59.7 cm³/mol. The lowest BCUT2D eigenvalue weighted by molar-refractivity contribution is -0.124. The smallest absolute Gasteiger partial charge is 0.237 e. The average Bonchev–Trinajstić information content (AvgIpc) is 2.15. The molecule has 0 bridgehead atoms. The van der Waals surface area contributed by atoms with Crippen LogP contribution in [0.3, 0.4) is 0 Å². The standard InChI is InChI=1S/C9H20N2O2S/c1-6(4-5-12)14-8(3)7(2)9(13)11-10/h6-8,12H,4-5,10H2,1-3H3,(H,11,13). The Bertz CT molecular complexity index is 178. The number of nitrogens with two attached hydrogens (primary N) is 1. The maximum absolute atomic E-state index is 11.2. The van der Waals surface area contributed by atoms with Gasteiger partial charge in [-0.25, -0.2) is 5.84 Å². The molecule has 0 aliphatic heterocycles. The van der Waals surface area contributed by atoms with Crippen LogP contribution in [0.4, 0.5) is 0 Å². The first-order chi connectivity index (χ1) is 6.52. The summed E-state index contributed by atoms with van der Waals surface area (Å²) in [4.78, 5) is 11.2. The molecule has 0 aliphatic carbocycles. The van der Waals surface area contributed by atoms with E-state index in [-0.39, 0.29) is 23.7 Å². The van der Waals surface area contributed by atoms with Crippen molar-refractivity contribution in [2.24, 2.45) is 11.8 Å². The number of rotatable bonds is 6. The van der Waals surface area contributed by atoms with Crippen LogP contribution in [0, 0.1) is 5.92 Å². The zero-order valence-electron chi connectivity index (χ0n) is 8.99. The molecule has 0 saturated carbocycles. The van der Waals surface area contributed by atoms with Gasteiger partial charge in [0, 0.05) is 23.0 Å². The summed E-state index contributed by atoms with van der Waals surface area (Å²) in [5.74, 6) is 4.81. The van der Waals surface area contributed by atoms with Gasteiger partial charge in [0.25, 0.3) is 0 Å². The highest BCUT2D eigenvalue weighted by atomic mass is 32.2. The molecule has 0 aromatic rings. The van der Waals surface area contributed by atoms with E-state index in [1.807, 2.05) is 20.8 Å². The highest BCUT2D eigenvalue weighted by Gasteiger charge is 2.21. The topological polar surface area (TPSA) is 75.3 Å². The average molecular weight is 220 g/mol. The Balaban J connectivity index is 3.93. The molecular formula is C9H20N2O2S. The van der Waals surface area contributed by atoms with E-state index in [1.165, 1.54) is 0 Å². The van der Waals surface area contributed by atoms with Crippen LogP contribution < -0.4 is 11.3 Å². The number of aliphatic hydroxyl groups is 1. The predicted octanol–water partition coefficient (Wildman–Crippen LogP) is 0.505. The first-order valence-corrected chi connectivity index (χ1v) is 5.74. The largest absolute Gasteiger partial charge is 0.396 e. The minimum Gasteiger partial charge on any atom is -0.396 e. The summed E-state index contributed by atoms with van der Waals surface area (Å²) < 4.78 is 0. The van der Waals surface area contributed by atoms with E-state index >= 15 is 0 Å². The van der Waals surface area contributed by atoms with Crippen molar-refractivity contribution in [1.29, 1.82) is 0 Å². The summed E-state index contributed by atoms with van der Waals surface area (Å²) in [6.45, 7) is 6.09. The molecule has 1 amide bonds. The first kappa shape index (κ1) is 13.7. The first-order valence-electron chi connectivity index (χ1n) is 4.79. The SMILES string of the molecule is CC(CCO)SC(C)C(C)C(=O)NN. The number of hydrazine groups is 1. The number of hydrogen-bond acceptors (Lipinski definition) is 4. The van der Waals surface area contributed by atoms with Crippen LogP contribution in [-0.4, -0.2) is 28.1 Å². The van der Waals surface area contributed by atoms with Crippen LogP contribution in [0.15, 0.2) is 0 Å². The van der Waals surface area contributed by atoms with Gasteiger partial charge < -0.3 is 5.11 Å². The van der Waals surface area contributed by atoms with E-state index in [1.54, 1.807) is 11.8 Å². The second kappa shape index (κ2) is 7.09. The Morgan fingerprint density at radius 3 is 2.50 bits per heavy atom. The molecule has 84 valence electrons. The number of carbonyl (C=O) groups excluding carboxylic acids is 1. The van der Waals surface area contributed by atoms with Gasteiger partial charge in [0.2, 0.25) is 5.91 Å². The van der Waals surface area contributed by atoms with Crippen molar-refractivity contribution in [2.75, 3.05) is 6.61 Å². The Morgan fingerprint density at radius 2 is 2.07 bits per heavy atom. The minimum atomic E-state index is -0.138. The van der Waals surface area contributed by atoms with Gasteiger partial charge in [-0.05, 0) is 6.42 Å². The van der Waals surface area contributed by atoms with Crippen LogP contribution in [0.1, 0.15) is 27.2 Å². The highest BCUT2D eigenvalue weighted by molar-refractivity contribution is 8.00. The van der Waals surface area contributed by atoms with E-state index in [0.717, 1.165) is 6.42 Å². The summed E-state index contributed by atoms with van der Waals surface area (Å²) in [6.07, 6.45) is 0.756. The van der Waals surface area contributed by atoms with Gasteiger partial charge in [-0.15, -0.1) is 0 Å². The summed E-state index contributed by atoms with van der Waals surface area (Å²) in [6, 6.07) is 0. The van der Waals surface area contributed by atoms with E-state index in [2.05, 4.69) is 5.43 Å². The number of aliphatic hydroxyl groups excluding tert-OH is 1. The lowest BCUT2D eigenvalue weighted by atomic mass is 10.1. The number of amides is 1. The molecule has 5 heteroatoms. The van der Waals surface area contributed by atoms with Gasteiger partial charge in [-0.2, -0.15) is 11.8 Å². The van der Waals surface area contributed by atoms with Gasteiger partial charge in [-0.3, -0.25) is 10.2 Å². The molecule has 0 aliphatic rings. The Morgan fingerprint density at radius 1 is 1.50 bits per heavy atom. The van der Waals surface area contributed by atoms with E-state index in [0.29, 0.717) is 5.25 Å². The van der Waals surface area contributed by atoms with E-state index in [9.17, 15) is 4.79 Å². The van der Waals surface area contributed by atoms with Crippen LogP contribution in [0.25, 0.3) is 0 Å². The minimum absolute atomic E-state index is 0.105. The van der Waals surface area contributed by atoms with Gasteiger partial charge in [-0.1, -0.05) is 20.8 Å². The number of thioether (sulfide) groups is 1. The third-order valence-electron chi connectivity index (χ3n) is 2.24. The molecule has 4 N–H and O–H groups in total. The second-order valence-electron chi connectivity index (χ2n) is 3.46. The summed E-state index contributed by atoms with van der Waals surface area (Å²) in [5, 5.41) is 9.30. The van der Waals surface area contributed by atoms with Crippen LogP contribution in [0.2, 0.25) is 0 Å². The van der Waals surface area contributed by atoms with Crippen LogP contribution in [0.5, 0.6) is 0 Å². The van der Waals surface area contributed by atoms with Crippen molar-refractivity contribution in [1.82, 2.24) is 5.43 Å². The molecule has 0 spiro atoms. The lowest BCUT2D eigenvalue weighted by Gasteiger charge is -2.21. The molecule has 0 rings (SSSR count). The normalized spacial score (nSPS) is 17.2. The van der Waals surface area contributed by atoms with Gasteiger partial charge >= 0.3 is 0 Å². The van der Waals surface area contributed by atoms with Crippen molar-refractivity contribution in [2.45, 2.75) is 37.7 Å². The quantitative estimate of drug-likeness (QED) is 0.346.